The summed E-state index contributed by atoms with van der Waals surface area (Å²) in [7, 11) is 2.12. The van der Waals surface area contributed by atoms with Gasteiger partial charge >= 0.3 is 0 Å². The molecular formula is C16H28N2O. The number of aliphatic hydroxyl groups excluding tert-OH is 1. The Morgan fingerprint density at radius 1 is 1.21 bits per heavy atom. The molecule has 0 radical (unpaired) electrons. The largest absolute Gasteiger partial charge is 0.394 e. The molecule has 0 aliphatic rings. The third kappa shape index (κ3) is 4.03. The van der Waals surface area contributed by atoms with Gasteiger partial charge in [-0.15, -0.1) is 0 Å². The van der Waals surface area contributed by atoms with Crippen molar-refractivity contribution in [3.05, 3.63) is 35.9 Å². The molecule has 0 aliphatic heterocycles. The molecule has 0 saturated heterocycles. The van der Waals surface area contributed by atoms with E-state index in [0.29, 0.717) is 0 Å². The predicted molar refractivity (Wildman–Crippen MR) is 81.0 cm³/mol. The van der Waals surface area contributed by atoms with Gasteiger partial charge in [-0.3, -0.25) is 0 Å². The smallest absolute Gasteiger partial charge is 0.0656 e. The highest BCUT2D eigenvalue weighted by molar-refractivity contribution is 5.24. The topological polar surface area (TPSA) is 49.5 Å². The van der Waals surface area contributed by atoms with Crippen molar-refractivity contribution in [3.63, 3.8) is 0 Å². The summed E-state index contributed by atoms with van der Waals surface area (Å²) >= 11 is 0. The molecule has 0 heterocycles. The predicted octanol–water partition coefficient (Wildman–Crippen LogP) is 2.34. The minimum Gasteiger partial charge on any atom is -0.394 e. The molecule has 108 valence electrons. The average Bonchev–Trinajstić information content (AvgIpc) is 2.45. The van der Waals surface area contributed by atoms with E-state index in [9.17, 15) is 5.11 Å². The van der Waals surface area contributed by atoms with Crippen LogP contribution in [0.15, 0.2) is 30.3 Å². The van der Waals surface area contributed by atoms with Crippen LogP contribution in [-0.4, -0.2) is 35.7 Å². The Morgan fingerprint density at radius 3 is 2.26 bits per heavy atom. The van der Waals surface area contributed by atoms with Crippen LogP contribution in [0.4, 0.5) is 0 Å². The van der Waals surface area contributed by atoms with Gasteiger partial charge in [0.1, 0.15) is 0 Å². The lowest BCUT2D eigenvalue weighted by Crippen LogP contribution is -2.47. The minimum absolute atomic E-state index is 0.0304. The van der Waals surface area contributed by atoms with Gasteiger partial charge in [-0.05, 0) is 39.3 Å². The summed E-state index contributed by atoms with van der Waals surface area (Å²) in [5.74, 6) is 0. The number of aliphatic hydroxyl groups is 1. The van der Waals surface area contributed by atoms with Crippen LogP contribution in [0.2, 0.25) is 0 Å². The fourth-order valence-corrected chi connectivity index (χ4v) is 2.02. The molecule has 0 fully saturated rings. The molecule has 3 nitrogen and oxygen atoms in total. The highest BCUT2D eigenvalue weighted by Crippen LogP contribution is 2.24. The molecule has 0 saturated carbocycles. The van der Waals surface area contributed by atoms with E-state index in [2.05, 4.69) is 32.7 Å². The van der Waals surface area contributed by atoms with Gasteiger partial charge in [-0.25, -0.2) is 0 Å². The second-order valence-corrected chi connectivity index (χ2v) is 6.02. The minimum atomic E-state index is -0.653. The summed E-state index contributed by atoms with van der Waals surface area (Å²) in [5, 5.41) is 9.67. The van der Waals surface area contributed by atoms with Crippen LogP contribution in [0.5, 0.6) is 0 Å². The molecule has 0 spiro atoms. The second kappa shape index (κ2) is 6.51. The average molecular weight is 264 g/mol. The molecule has 3 N–H and O–H groups in total. The molecule has 0 amide bonds. The maximum absolute atomic E-state index is 9.67. The van der Waals surface area contributed by atoms with Crippen LogP contribution >= 0.6 is 0 Å². The summed E-state index contributed by atoms with van der Waals surface area (Å²) in [4.78, 5) is 2.31. The zero-order valence-corrected chi connectivity index (χ0v) is 12.7. The summed E-state index contributed by atoms with van der Waals surface area (Å²) in [6.45, 7) is 7.49. The molecule has 1 aromatic carbocycles. The van der Waals surface area contributed by atoms with E-state index in [1.165, 1.54) is 0 Å². The Hall–Kier alpha value is -0.900. The maximum atomic E-state index is 9.67. The molecule has 0 bridgehead atoms. The van der Waals surface area contributed by atoms with Crippen molar-refractivity contribution >= 4 is 0 Å². The van der Waals surface area contributed by atoms with Crippen molar-refractivity contribution in [1.29, 1.82) is 0 Å². The Morgan fingerprint density at radius 2 is 1.79 bits per heavy atom. The van der Waals surface area contributed by atoms with E-state index >= 15 is 0 Å². The third-order valence-electron chi connectivity index (χ3n) is 4.42. The molecule has 1 aromatic rings. The Labute approximate surface area is 117 Å². The molecule has 0 aromatic heterocycles. The first kappa shape index (κ1) is 16.2. The highest BCUT2D eigenvalue weighted by Gasteiger charge is 2.29. The van der Waals surface area contributed by atoms with Crippen molar-refractivity contribution in [2.75, 3.05) is 20.2 Å². The molecular weight excluding hydrogens is 236 g/mol. The lowest BCUT2D eigenvalue weighted by atomic mass is 9.87. The Bertz CT molecular complexity index is 378. The summed E-state index contributed by atoms with van der Waals surface area (Å²) in [6, 6.07) is 9.87. The zero-order valence-electron chi connectivity index (χ0n) is 12.7. The Kier molecular flexibility index (Phi) is 5.53. The normalized spacial score (nSPS) is 15.5. The molecule has 1 rings (SSSR count). The maximum Gasteiger partial charge on any atom is 0.0656 e. The summed E-state index contributed by atoms with van der Waals surface area (Å²) in [6.07, 6.45) is 1.83. The number of nitrogens with zero attached hydrogens (tertiary/aromatic N) is 1. The van der Waals surface area contributed by atoms with Gasteiger partial charge < -0.3 is 15.7 Å². The van der Waals surface area contributed by atoms with Crippen molar-refractivity contribution in [2.24, 2.45) is 5.73 Å². The number of hydrogen-bond donors (Lipinski definition) is 2. The van der Waals surface area contributed by atoms with Gasteiger partial charge in [0.25, 0.3) is 0 Å². The SMILES string of the molecule is CCC(C)(C)N(C)CCC(N)(CO)c1ccccc1. The number of hydrogen-bond acceptors (Lipinski definition) is 3. The monoisotopic (exact) mass is 264 g/mol. The van der Waals surface area contributed by atoms with Crippen LogP contribution in [0.1, 0.15) is 39.2 Å². The molecule has 1 unspecified atom stereocenters. The number of rotatable bonds is 7. The van der Waals surface area contributed by atoms with E-state index < -0.39 is 5.54 Å². The van der Waals surface area contributed by atoms with Gasteiger partial charge in [0, 0.05) is 12.1 Å². The lowest BCUT2D eigenvalue weighted by Gasteiger charge is -2.37. The van der Waals surface area contributed by atoms with Gasteiger partial charge in [-0.1, -0.05) is 37.3 Å². The number of nitrogens with two attached hydrogens (primary N) is 1. The third-order valence-corrected chi connectivity index (χ3v) is 4.42. The van der Waals surface area contributed by atoms with Crippen molar-refractivity contribution < 1.29 is 5.11 Å². The second-order valence-electron chi connectivity index (χ2n) is 6.02. The summed E-state index contributed by atoms with van der Waals surface area (Å²) < 4.78 is 0. The van der Waals surface area contributed by atoms with E-state index in [0.717, 1.165) is 24.9 Å². The summed E-state index contributed by atoms with van der Waals surface area (Å²) in [5.41, 5.74) is 6.88. The Balaban J connectivity index is 2.73. The van der Waals surface area contributed by atoms with E-state index in [4.69, 9.17) is 5.73 Å². The quantitative estimate of drug-likeness (QED) is 0.795. The molecule has 3 heteroatoms. The van der Waals surface area contributed by atoms with Crippen LogP contribution < -0.4 is 5.73 Å². The first-order valence-electron chi connectivity index (χ1n) is 7.02. The molecule has 19 heavy (non-hydrogen) atoms. The molecule has 1 atom stereocenters. The fraction of sp³-hybridized carbons (Fsp3) is 0.625. The van der Waals surface area contributed by atoms with E-state index in [-0.39, 0.29) is 12.1 Å². The van der Waals surface area contributed by atoms with Crippen LogP contribution in [0, 0.1) is 0 Å². The standard InChI is InChI=1S/C16H28N2O/c1-5-15(2,3)18(4)12-11-16(17,13-19)14-9-7-6-8-10-14/h6-10,19H,5,11-13,17H2,1-4H3. The first-order chi connectivity index (χ1) is 8.85. The van der Waals surface area contributed by atoms with Gasteiger partial charge in [0.2, 0.25) is 0 Å². The van der Waals surface area contributed by atoms with Crippen LogP contribution in [-0.2, 0) is 5.54 Å². The fourth-order valence-electron chi connectivity index (χ4n) is 2.02. The van der Waals surface area contributed by atoms with Gasteiger partial charge in [-0.2, -0.15) is 0 Å². The van der Waals surface area contributed by atoms with Crippen LogP contribution in [0.3, 0.4) is 0 Å². The van der Waals surface area contributed by atoms with E-state index in [1.807, 2.05) is 30.3 Å². The van der Waals surface area contributed by atoms with Crippen molar-refractivity contribution in [1.82, 2.24) is 4.90 Å². The van der Waals surface area contributed by atoms with Gasteiger partial charge in [0.05, 0.1) is 12.1 Å². The zero-order chi connectivity index (χ0) is 14.5. The van der Waals surface area contributed by atoms with Crippen molar-refractivity contribution in [3.8, 4) is 0 Å². The first-order valence-corrected chi connectivity index (χ1v) is 7.02. The lowest BCUT2D eigenvalue weighted by molar-refractivity contribution is 0.117. The van der Waals surface area contributed by atoms with Crippen LogP contribution in [0.25, 0.3) is 0 Å². The number of benzene rings is 1. The van der Waals surface area contributed by atoms with Gasteiger partial charge in [0.15, 0.2) is 0 Å². The highest BCUT2D eigenvalue weighted by atomic mass is 16.3. The van der Waals surface area contributed by atoms with E-state index in [1.54, 1.807) is 0 Å². The molecule has 0 aliphatic carbocycles. The van der Waals surface area contributed by atoms with Crippen molar-refractivity contribution in [2.45, 2.75) is 44.7 Å².